The summed E-state index contributed by atoms with van der Waals surface area (Å²) in [7, 11) is 0. The fourth-order valence-corrected chi connectivity index (χ4v) is 2.78. The average Bonchev–Trinajstić information content (AvgIpc) is 2.85. The highest BCUT2D eigenvalue weighted by atomic mass is 35.5. The summed E-state index contributed by atoms with van der Waals surface area (Å²) in [5.41, 5.74) is 1.09. The summed E-state index contributed by atoms with van der Waals surface area (Å²) in [5, 5.41) is 14.7. The lowest BCUT2D eigenvalue weighted by molar-refractivity contribution is 0.0697. The standard InChI is InChI=1S/C15H16Cl2N2O2/c1-3-10(4-2)19-8-12(15(20)21)14(18-19)11-6-5-9(16)7-13(11)17/h5-8,10H,3-4H2,1-2H3,(H,20,21). The third-order valence-electron chi connectivity index (χ3n) is 3.47. The molecule has 4 nitrogen and oxygen atoms in total. The average molecular weight is 327 g/mol. The lowest BCUT2D eigenvalue weighted by atomic mass is 10.1. The highest BCUT2D eigenvalue weighted by Crippen LogP contribution is 2.32. The lowest BCUT2D eigenvalue weighted by Crippen LogP contribution is -2.07. The van der Waals surface area contributed by atoms with Crippen LogP contribution < -0.4 is 0 Å². The maximum absolute atomic E-state index is 11.5. The van der Waals surface area contributed by atoms with Gasteiger partial charge >= 0.3 is 5.97 Å². The van der Waals surface area contributed by atoms with Crippen molar-refractivity contribution in [2.75, 3.05) is 0 Å². The fourth-order valence-electron chi connectivity index (χ4n) is 2.28. The first kappa shape index (κ1) is 15.9. The van der Waals surface area contributed by atoms with Gasteiger partial charge in [0, 0.05) is 16.8 Å². The van der Waals surface area contributed by atoms with Crippen molar-refractivity contribution in [3.8, 4) is 11.3 Å². The van der Waals surface area contributed by atoms with Gasteiger partial charge in [-0.05, 0) is 31.0 Å². The Hall–Kier alpha value is -1.52. The largest absolute Gasteiger partial charge is 0.478 e. The highest BCUT2D eigenvalue weighted by Gasteiger charge is 2.21. The minimum absolute atomic E-state index is 0.145. The molecule has 6 heteroatoms. The van der Waals surface area contributed by atoms with Crippen molar-refractivity contribution in [3.63, 3.8) is 0 Å². The second-order valence-electron chi connectivity index (χ2n) is 4.77. The Morgan fingerprint density at radius 1 is 1.33 bits per heavy atom. The molecule has 2 rings (SSSR count). The van der Waals surface area contributed by atoms with Gasteiger partial charge in [-0.2, -0.15) is 5.10 Å². The molecule has 0 bridgehead atoms. The number of aromatic carboxylic acids is 1. The molecule has 0 spiro atoms. The second kappa shape index (κ2) is 6.50. The van der Waals surface area contributed by atoms with Crippen LogP contribution in [-0.2, 0) is 0 Å². The Morgan fingerprint density at radius 3 is 2.52 bits per heavy atom. The van der Waals surface area contributed by atoms with E-state index in [-0.39, 0.29) is 11.6 Å². The van der Waals surface area contributed by atoms with E-state index in [9.17, 15) is 9.90 Å². The monoisotopic (exact) mass is 326 g/mol. The number of nitrogens with zero attached hydrogens (tertiary/aromatic N) is 2. The lowest BCUT2D eigenvalue weighted by Gasteiger charge is -2.12. The van der Waals surface area contributed by atoms with Gasteiger partial charge < -0.3 is 5.11 Å². The van der Waals surface area contributed by atoms with E-state index in [0.717, 1.165) is 12.8 Å². The zero-order valence-corrected chi connectivity index (χ0v) is 13.3. The molecule has 0 saturated carbocycles. The summed E-state index contributed by atoms with van der Waals surface area (Å²) in [5.74, 6) is -1.02. The van der Waals surface area contributed by atoms with Gasteiger partial charge in [-0.3, -0.25) is 4.68 Å². The predicted molar refractivity (Wildman–Crippen MR) is 84.3 cm³/mol. The minimum atomic E-state index is -1.02. The maximum atomic E-state index is 11.5. The number of carboxylic acid groups (broad SMARTS) is 1. The minimum Gasteiger partial charge on any atom is -0.478 e. The van der Waals surface area contributed by atoms with Crippen molar-refractivity contribution in [1.29, 1.82) is 0 Å². The van der Waals surface area contributed by atoms with Gasteiger partial charge in [0.25, 0.3) is 0 Å². The Bertz CT molecular complexity index is 664. The number of carbonyl (C=O) groups is 1. The normalized spacial score (nSPS) is 11.1. The number of halogens is 2. The molecule has 0 fully saturated rings. The van der Waals surface area contributed by atoms with Gasteiger partial charge in [-0.15, -0.1) is 0 Å². The van der Waals surface area contributed by atoms with Gasteiger partial charge in [0.05, 0.1) is 11.1 Å². The summed E-state index contributed by atoms with van der Waals surface area (Å²) < 4.78 is 1.71. The van der Waals surface area contributed by atoms with Crippen LogP contribution in [0.2, 0.25) is 10.0 Å². The first-order valence-electron chi connectivity index (χ1n) is 6.75. The molecule has 0 aliphatic rings. The SMILES string of the molecule is CCC(CC)n1cc(C(=O)O)c(-c2ccc(Cl)cc2Cl)n1. The summed E-state index contributed by atoms with van der Waals surface area (Å²) in [6, 6.07) is 5.12. The Kier molecular flexibility index (Phi) is 4.91. The summed E-state index contributed by atoms with van der Waals surface area (Å²) in [6.45, 7) is 4.09. The van der Waals surface area contributed by atoms with E-state index >= 15 is 0 Å². The molecule has 112 valence electrons. The highest BCUT2D eigenvalue weighted by molar-refractivity contribution is 6.36. The van der Waals surface area contributed by atoms with Crippen molar-refractivity contribution < 1.29 is 9.90 Å². The first-order chi connectivity index (χ1) is 9.97. The van der Waals surface area contributed by atoms with E-state index in [4.69, 9.17) is 23.2 Å². The third-order valence-corrected chi connectivity index (χ3v) is 4.01. The molecular weight excluding hydrogens is 311 g/mol. The van der Waals surface area contributed by atoms with Crippen LogP contribution in [0.15, 0.2) is 24.4 Å². The number of rotatable bonds is 5. The van der Waals surface area contributed by atoms with Crippen LogP contribution in [0.4, 0.5) is 0 Å². The quantitative estimate of drug-likeness (QED) is 0.848. The summed E-state index contributed by atoms with van der Waals surface area (Å²) in [4.78, 5) is 11.5. The number of aromatic nitrogens is 2. The topological polar surface area (TPSA) is 55.1 Å². The van der Waals surface area contributed by atoms with Gasteiger partial charge in [-0.25, -0.2) is 4.79 Å². The third kappa shape index (κ3) is 3.22. The molecule has 21 heavy (non-hydrogen) atoms. The number of carboxylic acids is 1. The molecule has 0 radical (unpaired) electrons. The molecule has 2 aromatic rings. The van der Waals surface area contributed by atoms with Crippen LogP contribution in [0.5, 0.6) is 0 Å². The summed E-state index contributed by atoms with van der Waals surface area (Å²) in [6.07, 6.45) is 3.33. The molecule has 0 saturated heterocycles. The van der Waals surface area contributed by atoms with Crippen molar-refractivity contribution in [1.82, 2.24) is 9.78 Å². The van der Waals surface area contributed by atoms with Gasteiger partial charge in [0.2, 0.25) is 0 Å². The number of hydrogen-bond acceptors (Lipinski definition) is 2. The number of hydrogen-bond donors (Lipinski definition) is 1. The van der Waals surface area contributed by atoms with E-state index < -0.39 is 5.97 Å². The van der Waals surface area contributed by atoms with Crippen LogP contribution in [0.1, 0.15) is 43.1 Å². The molecule has 0 aliphatic carbocycles. The zero-order valence-electron chi connectivity index (χ0n) is 11.8. The Labute approximate surface area is 133 Å². The molecule has 0 unspecified atom stereocenters. The van der Waals surface area contributed by atoms with E-state index in [1.54, 1.807) is 29.1 Å². The maximum Gasteiger partial charge on any atom is 0.339 e. The Balaban J connectivity index is 2.58. The molecule has 1 aromatic heterocycles. The molecular formula is C15H16Cl2N2O2. The van der Waals surface area contributed by atoms with E-state index in [2.05, 4.69) is 5.10 Å². The van der Waals surface area contributed by atoms with Crippen molar-refractivity contribution in [2.24, 2.45) is 0 Å². The Morgan fingerprint density at radius 2 is 2.00 bits per heavy atom. The van der Waals surface area contributed by atoms with Gasteiger partial charge in [0.15, 0.2) is 0 Å². The zero-order chi connectivity index (χ0) is 15.6. The summed E-state index contributed by atoms with van der Waals surface area (Å²) >= 11 is 12.1. The molecule has 0 aliphatic heterocycles. The van der Waals surface area contributed by atoms with Crippen molar-refractivity contribution >= 4 is 29.2 Å². The van der Waals surface area contributed by atoms with Crippen LogP contribution >= 0.6 is 23.2 Å². The molecule has 1 heterocycles. The molecule has 1 aromatic carbocycles. The van der Waals surface area contributed by atoms with Crippen LogP contribution in [0, 0.1) is 0 Å². The van der Waals surface area contributed by atoms with Crippen molar-refractivity contribution in [2.45, 2.75) is 32.7 Å². The fraction of sp³-hybridized carbons (Fsp3) is 0.333. The van der Waals surface area contributed by atoms with Crippen molar-refractivity contribution in [3.05, 3.63) is 40.0 Å². The van der Waals surface area contributed by atoms with Crippen LogP contribution in [-0.4, -0.2) is 20.9 Å². The van der Waals surface area contributed by atoms with Crippen LogP contribution in [0.3, 0.4) is 0 Å². The molecule has 1 N–H and O–H groups in total. The molecule has 0 amide bonds. The van der Waals surface area contributed by atoms with Gasteiger partial charge in [-0.1, -0.05) is 37.0 Å². The second-order valence-corrected chi connectivity index (χ2v) is 5.61. The predicted octanol–water partition coefficient (Wildman–Crippen LogP) is 4.92. The van der Waals surface area contributed by atoms with Gasteiger partial charge in [0.1, 0.15) is 11.3 Å². The van der Waals surface area contributed by atoms with E-state index in [0.29, 0.717) is 21.3 Å². The smallest absolute Gasteiger partial charge is 0.339 e. The molecule has 0 atom stereocenters. The van der Waals surface area contributed by atoms with Crippen LogP contribution in [0.25, 0.3) is 11.3 Å². The van der Waals surface area contributed by atoms with E-state index in [1.165, 1.54) is 0 Å². The van der Waals surface area contributed by atoms with E-state index in [1.807, 2.05) is 13.8 Å². The number of benzene rings is 1. The first-order valence-corrected chi connectivity index (χ1v) is 7.51.